The number of carboxylic acids is 1. The van der Waals surface area contributed by atoms with Gasteiger partial charge in [-0.3, -0.25) is 0 Å². The van der Waals surface area contributed by atoms with Crippen LogP contribution in [-0.2, 0) is 11.2 Å². The third-order valence-corrected chi connectivity index (χ3v) is 2.63. The molecule has 1 aromatic rings. The van der Waals surface area contributed by atoms with Gasteiger partial charge in [0.1, 0.15) is 11.9 Å². The third-order valence-electron chi connectivity index (χ3n) is 1.95. The molecule has 5 nitrogen and oxygen atoms in total. The van der Waals surface area contributed by atoms with E-state index < -0.39 is 12.0 Å². The fraction of sp³-hybridized carbons (Fsp3) is 0.667. The minimum Gasteiger partial charge on any atom is -0.480 e. The van der Waals surface area contributed by atoms with E-state index in [2.05, 4.69) is 21.6 Å². The number of anilines is 1. The van der Waals surface area contributed by atoms with Gasteiger partial charge in [0.25, 0.3) is 0 Å². The van der Waals surface area contributed by atoms with Crippen LogP contribution in [0.25, 0.3) is 0 Å². The Morgan fingerprint density at radius 2 is 2.33 bits per heavy atom. The first kappa shape index (κ1) is 11.9. The number of carboxylic acid groups (broad SMARTS) is 1. The molecule has 0 aliphatic heterocycles. The van der Waals surface area contributed by atoms with Crippen LogP contribution < -0.4 is 5.32 Å². The Morgan fingerprint density at radius 3 is 2.87 bits per heavy atom. The van der Waals surface area contributed by atoms with E-state index in [0.717, 1.165) is 18.7 Å². The number of aromatic nitrogens is 2. The number of hydrogen-bond donors (Lipinski definition) is 2. The Bertz CT molecular complexity index is 327. The quantitative estimate of drug-likeness (QED) is 0.777. The number of nitrogens with zero attached hydrogens (tertiary/aromatic N) is 2. The van der Waals surface area contributed by atoms with Crippen molar-refractivity contribution in [1.82, 2.24) is 9.36 Å². The Morgan fingerprint density at radius 1 is 1.60 bits per heavy atom. The molecule has 2 N–H and O–H groups in total. The largest absolute Gasteiger partial charge is 0.480 e. The van der Waals surface area contributed by atoms with Crippen LogP contribution in [0.1, 0.15) is 32.5 Å². The van der Waals surface area contributed by atoms with E-state index in [-0.39, 0.29) is 0 Å². The monoisotopic (exact) mass is 229 g/mol. The first-order chi connectivity index (χ1) is 7.17. The maximum atomic E-state index is 10.8. The highest BCUT2D eigenvalue weighted by molar-refractivity contribution is 7.09. The standard InChI is InChI=1S/C9H15N3O2S/c1-3-5-7-11-9(15-12-7)10-6(4-2)8(13)14/h6H,3-5H2,1-2H3,(H,13,14)(H,10,11,12). The average molecular weight is 229 g/mol. The summed E-state index contributed by atoms with van der Waals surface area (Å²) in [5, 5.41) is 12.3. The summed E-state index contributed by atoms with van der Waals surface area (Å²) in [6, 6.07) is -0.576. The second-order valence-corrected chi connectivity index (χ2v) is 3.96. The predicted molar refractivity (Wildman–Crippen MR) is 59.2 cm³/mol. The zero-order valence-corrected chi connectivity index (χ0v) is 9.67. The topological polar surface area (TPSA) is 75.1 Å². The fourth-order valence-electron chi connectivity index (χ4n) is 1.13. The van der Waals surface area contributed by atoms with Gasteiger partial charge in [-0.15, -0.1) is 0 Å². The molecule has 0 amide bonds. The molecule has 1 atom stereocenters. The normalized spacial score (nSPS) is 12.4. The van der Waals surface area contributed by atoms with Crippen molar-refractivity contribution in [3.63, 3.8) is 0 Å². The maximum absolute atomic E-state index is 10.8. The summed E-state index contributed by atoms with van der Waals surface area (Å²) in [6.07, 6.45) is 2.35. The predicted octanol–water partition coefficient (Wildman–Crippen LogP) is 1.77. The molecule has 0 spiro atoms. The lowest BCUT2D eigenvalue weighted by Gasteiger charge is -2.09. The number of rotatable bonds is 6. The third kappa shape index (κ3) is 3.47. The van der Waals surface area contributed by atoms with Crippen LogP contribution >= 0.6 is 11.5 Å². The highest BCUT2D eigenvalue weighted by Gasteiger charge is 2.16. The zero-order valence-electron chi connectivity index (χ0n) is 8.86. The molecule has 1 aromatic heterocycles. The van der Waals surface area contributed by atoms with E-state index >= 15 is 0 Å². The first-order valence-electron chi connectivity index (χ1n) is 4.99. The molecule has 6 heteroatoms. The van der Waals surface area contributed by atoms with Crippen LogP contribution in [0.3, 0.4) is 0 Å². The lowest BCUT2D eigenvalue weighted by Crippen LogP contribution is -2.28. The van der Waals surface area contributed by atoms with E-state index in [1.165, 1.54) is 11.5 Å². The summed E-state index contributed by atoms with van der Waals surface area (Å²) in [5.41, 5.74) is 0. The number of carbonyl (C=O) groups is 1. The van der Waals surface area contributed by atoms with Crippen LogP contribution in [0.15, 0.2) is 0 Å². The summed E-state index contributed by atoms with van der Waals surface area (Å²) in [7, 11) is 0. The van der Waals surface area contributed by atoms with Crippen molar-refractivity contribution in [2.45, 2.75) is 39.2 Å². The van der Waals surface area contributed by atoms with Gasteiger partial charge in [-0.25, -0.2) is 9.78 Å². The van der Waals surface area contributed by atoms with Crippen molar-refractivity contribution in [3.8, 4) is 0 Å². The van der Waals surface area contributed by atoms with Crippen LogP contribution in [0.5, 0.6) is 0 Å². The minimum absolute atomic E-state index is 0.526. The van der Waals surface area contributed by atoms with Crippen LogP contribution in [0.4, 0.5) is 5.13 Å². The average Bonchev–Trinajstić information content (AvgIpc) is 2.62. The molecule has 0 bridgehead atoms. The molecule has 0 aliphatic carbocycles. The van der Waals surface area contributed by atoms with Gasteiger partial charge in [-0.1, -0.05) is 13.8 Å². The van der Waals surface area contributed by atoms with E-state index in [1.807, 2.05) is 6.92 Å². The van der Waals surface area contributed by atoms with Gasteiger partial charge in [0.05, 0.1) is 0 Å². The van der Waals surface area contributed by atoms with Crippen molar-refractivity contribution in [2.75, 3.05) is 5.32 Å². The molecular weight excluding hydrogens is 214 g/mol. The van der Waals surface area contributed by atoms with Gasteiger partial charge in [0, 0.05) is 18.0 Å². The van der Waals surface area contributed by atoms with Gasteiger partial charge in [0.2, 0.25) is 5.13 Å². The molecule has 0 saturated carbocycles. The molecule has 1 heterocycles. The summed E-state index contributed by atoms with van der Waals surface area (Å²) in [6.45, 7) is 3.88. The molecule has 15 heavy (non-hydrogen) atoms. The van der Waals surface area contributed by atoms with Gasteiger partial charge >= 0.3 is 5.97 Å². The Balaban J connectivity index is 2.59. The molecule has 0 aromatic carbocycles. The number of hydrogen-bond acceptors (Lipinski definition) is 5. The minimum atomic E-state index is -0.857. The van der Waals surface area contributed by atoms with E-state index in [4.69, 9.17) is 5.11 Å². The molecular formula is C9H15N3O2S. The molecule has 0 saturated heterocycles. The smallest absolute Gasteiger partial charge is 0.326 e. The SMILES string of the molecule is CCCc1nsc(NC(CC)C(=O)O)n1. The van der Waals surface area contributed by atoms with Crippen molar-refractivity contribution >= 4 is 22.6 Å². The van der Waals surface area contributed by atoms with Gasteiger partial charge in [-0.05, 0) is 12.8 Å². The fourth-order valence-corrected chi connectivity index (χ4v) is 1.79. The second-order valence-electron chi connectivity index (χ2n) is 3.21. The van der Waals surface area contributed by atoms with Gasteiger partial charge in [-0.2, -0.15) is 4.37 Å². The lowest BCUT2D eigenvalue weighted by atomic mass is 10.2. The van der Waals surface area contributed by atoms with Gasteiger partial charge in [0.15, 0.2) is 0 Å². The lowest BCUT2D eigenvalue weighted by molar-refractivity contribution is -0.137. The van der Waals surface area contributed by atoms with Crippen molar-refractivity contribution in [3.05, 3.63) is 5.82 Å². The zero-order chi connectivity index (χ0) is 11.3. The Hall–Kier alpha value is -1.17. The summed E-state index contributed by atoms with van der Waals surface area (Å²) >= 11 is 1.22. The van der Waals surface area contributed by atoms with Crippen LogP contribution in [-0.4, -0.2) is 26.5 Å². The molecule has 1 rings (SSSR count). The van der Waals surface area contributed by atoms with E-state index in [9.17, 15) is 4.79 Å². The van der Waals surface area contributed by atoms with E-state index in [0.29, 0.717) is 11.6 Å². The van der Waals surface area contributed by atoms with E-state index in [1.54, 1.807) is 0 Å². The molecule has 84 valence electrons. The van der Waals surface area contributed by atoms with Crippen molar-refractivity contribution in [1.29, 1.82) is 0 Å². The number of aryl methyl sites for hydroxylation is 1. The highest BCUT2D eigenvalue weighted by Crippen LogP contribution is 2.14. The summed E-state index contributed by atoms with van der Waals surface area (Å²) in [4.78, 5) is 15.0. The summed E-state index contributed by atoms with van der Waals surface area (Å²) in [5.74, 6) is -0.0741. The first-order valence-corrected chi connectivity index (χ1v) is 5.76. The molecule has 0 radical (unpaired) electrons. The Labute approximate surface area is 92.7 Å². The Kier molecular flexibility index (Phi) is 4.48. The number of aliphatic carboxylic acids is 1. The van der Waals surface area contributed by atoms with Crippen LogP contribution in [0, 0.1) is 0 Å². The highest BCUT2D eigenvalue weighted by atomic mass is 32.1. The van der Waals surface area contributed by atoms with Gasteiger partial charge < -0.3 is 10.4 Å². The maximum Gasteiger partial charge on any atom is 0.326 e. The molecule has 0 aliphatic rings. The van der Waals surface area contributed by atoms with Crippen molar-refractivity contribution in [2.24, 2.45) is 0 Å². The molecule has 1 unspecified atom stereocenters. The number of nitrogens with one attached hydrogen (secondary N) is 1. The summed E-state index contributed by atoms with van der Waals surface area (Å²) < 4.78 is 4.13. The van der Waals surface area contributed by atoms with Crippen LogP contribution in [0.2, 0.25) is 0 Å². The molecule has 0 fully saturated rings. The second kappa shape index (κ2) is 5.65. The van der Waals surface area contributed by atoms with Crippen molar-refractivity contribution < 1.29 is 9.90 Å².